The number of hydrogen-bond donors (Lipinski definition) is 1. The van der Waals surface area contributed by atoms with Gasteiger partial charge in [0.1, 0.15) is 22.2 Å². The molecule has 1 N–H and O–H groups in total. The summed E-state index contributed by atoms with van der Waals surface area (Å²) < 4.78 is 5.68. The van der Waals surface area contributed by atoms with Crippen LogP contribution >= 0.6 is 11.3 Å². The quantitative estimate of drug-likeness (QED) is 0.755. The molecule has 2 aromatic rings. The summed E-state index contributed by atoms with van der Waals surface area (Å²) in [7, 11) is 4.04. The number of hydrogen-bond acceptors (Lipinski definition) is 5. The van der Waals surface area contributed by atoms with Crippen LogP contribution in [0.1, 0.15) is 26.8 Å². The molecule has 1 aromatic carbocycles. The topological polar surface area (TPSA) is 54.5 Å². The zero-order valence-corrected chi connectivity index (χ0v) is 14.7. The van der Waals surface area contributed by atoms with Crippen molar-refractivity contribution in [2.45, 2.75) is 20.0 Å². The molecular formula is C17H23N3O2S. The van der Waals surface area contributed by atoms with Crippen molar-refractivity contribution in [3.05, 3.63) is 45.9 Å². The van der Waals surface area contributed by atoms with Crippen molar-refractivity contribution in [2.75, 3.05) is 27.2 Å². The van der Waals surface area contributed by atoms with E-state index < -0.39 is 0 Å². The van der Waals surface area contributed by atoms with Gasteiger partial charge in [-0.1, -0.05) is 18.2 Å². The summed E-state index contributed by atoms with van der Waals surface area (Å²) in [5.74, 6) is 0.750. The van der Waals surface area contributed by atoms with Gasteiger partial charge in [0.2, 0.25) is 0 Å². The van der Waals surface area contributed by atoms with Gasteiger partial charge in [-0.3, -0.25) is 4.79 Å². The van der Waals surface area contributed by atoms with Crippen LogP contribution in [0.25, 0.3) is 0 Å². The Morgan fingerprint density at radius 3 is 2.74 bits per heavy atom. The van der Waals surface area contributed by atoms with Crippen LogP contribution < -0.4 is 10.1 Å². The van der Waals surface area contributed by atoms with Crippen molar-refractivity contribution in [2.24, 2.45) is 0 Å². The molecule has 124 valence electrons. The van der Waals surface area contributed by atoms with Crippen molar-refractivity contribution < 1.29 is 9.53 Å². The number of carbonyl (C=O) groups excluding carboxylic acids is 1. The summed E-state index contributed by atoms with van der Waals surface area (Å²) in [6.45, 7) is 3.86. The van der Waals surface area contributed by atoms with E-state index in [4.69, 9.17) is 4.74 Å². The van der Waals surface area contributed by atoms with Gasteiger partial charge in [0, 0.05) is 6.54 Å². The van der Waals surface area contributed by atoms with Crippen LogP contribution in [0.15, 0.2) is 30.3 Å². The van der Waals surface area contributed by atoms with Crippen LogP contribution in [0.5, 0.6) is 5.75 Å². The van der Waals surface area contributed by atoms with E-state index in [1.54, 1.807) is 0 Å². The smallest absolute Gasteiger partial charge is 0.263 e. The Morgan fingerprint density at radius 1 is 1.30 bits per heavy atom. The number of thiazole rings is 1. The Kier molecular flexibility index (Phi) is 6.55. The molecule has 1 aromatic heterocycles. The number of ether oxygens (including phenoxy) is 1. The van der Waals surface area contributed by atoms with Crippen LogP contribution in [0.4, 0.5) is 0 Å². The average Bonchev–Trinajstić information content (AvgIpc) is 2.91. The largest absolute Gasteiger partial charge is 0.486 e. The van der Waals surface area contributed by atoms with E-state index in [-0.39, 0.29) is 5.91 Å². The number of carbonyl (C=O) groups is 1. The van der Waals surface area contributed by atoms with Crippen molar-refractivity contribution in [3.63, 3.8) is 0 Å². The van der Waals surface area contributed by atoms with Gasteiger partial charge < -0.3 is 15.0 Å². The van der Waals surface area contributed by atoms with Gasteiger partial charge in [-0.25, -0.2) is 4.98 Å². The molecule has 0 aliphatic rings. The second-order valence-electron chi connectivity index (χ2n) is 5.54. The fourth-order valence-corrected chi connectivity index (χ4v) is 2.96. The highest BCUT2D eigenvalue weighted by atomic mass is 32.1. The first kappa shape index (κ1) is 17.4. The second-order valence-corrected chi connectivity index (χ2v) is 6.62. The first-order chi connectivity index (χ1) is 11.1. The molecular weight excluding hydrogens is 310 g/mol. The molecule has 2 rings (SSSR count). The molecule has 0 aliphatic carbocycles. The minimum Gasteiger partial charge on any atom is -0.486 e. The molecule has 6 heteroatoms. The van der Waals surface area contributed by atoms with Gasteiger partial charge in [-0.05, 0) is 46.1 Å². The number of aryl methyl sites for hydroxylation is 1. The standard InChI is InChI=1S/C17H23N3O2S/c1-13-16(17(21)18-10-7-11-20(2)3)23-15(19-13)12-22-14-8-5-4-6-9-14/h4-6,8-9H,7,10-12H2,1-3H3,(H,18,21). The van der Waals surface area contributed by atoms with E-state index in [0.29, 0.717) is 18.0 Å². The highest BCUT2D eigenvalue weighted by Crippen LogP contribution is 2.20. The highest BCUT2D eigenvalue weighted by Gasteiger charge is 2.15. The van der Waals surface area contributed by atoms with Crippen LogP contribution in [0, 0.1) is 6.92 Å². The number of amides is 1. The van der Waals surface area contributed by atoms with Crippen LogP contribution in [0.3, 0.4) is 0 Å². The third-order valence-corrected chi connectivity index (χ3v) is 4.35. The maximum absolute atomic E-state index is 12.2. The zero-order chi connectivity index (χ0) is 16.7. The van der Waals surface area contributed by atoms with Crippen LogP contribution in [-0.2, 0) is 6.61 Å². The molecule has 23 heavy (non-hydrogen) atoms. The van der Waals surface area contributed by atoms with E-state index in [1.165, 1.54) is 11.3 Å². The maximum Gasteiger partial charge on any atom is 0.263 e. The van der Waals surface area contributed by atoms with Gasteiger partial charge in [-0.15, -0.1) is 11.3 Å². The lowest BCUT2D eigenvalue weighted by molar-refractivity contribution is 0.0955. The van der Waals surface area contributed by atoms with Gasteiger partial charge in [0.05, 0.1) is 5.69 Å². The summed E-state index contributed by atoms with van der Waals surface area (Å²) in [4.78, 5) is 19.4. The molecule has 0 saturated heterocycles. The van der Waals surface area contributed by atoms with E-state index >= 15 is 0 Å². The first-order valence-corrected chi connectivity index (χ1v) is 8.45. The number of nitrogens with one attached hydrogen (secondary N) is 1. The number of nitrogens with zero attached hydrogens (tertiary/aromatic N) is 2. The predicted molar refractivity (Wildman–Crippen MR) is 93.1 cm³/mol. The van der Waals surface area contributed by atoms with Crippen molar-refractivity contribution in [3.8, 4) is 5.75 Å². The molecule has 0 radical (unpaired) electrons. The summed E-state index contributed by atoms with van der Waals surface area (Å²) in [6, 6.07) is 9.60. The second kappa shape index (κ2) is 8.64. The molecule has 0 fully saturated rings. The summed E-state index contributed by atoms with van der Waals surface area (Å²) in [6.07, 6.45) is 0.931. The van der Waals surface area contributed by atoms with E-state index in [1.807, 2.05) is 51.4 Å². The van der Waals surface area contributed by atoms with E-state index in [2.05, 4.69) is 15.2 Å². The number of rotatable bonds is 8. The fourth-order valence-electron chi connectivity index (χ4n) is 2.06. The van der Waals surface area contributed by atoms with Gasteiger partial charge in [0.15, 0.2) is 0 Å². The average molecular weight is 333 g/mol. The normalized spacial score (nSPS) is 10.8. The van der Waals surface area contributed by atoms with Crippen LogP contribution in [0.2, 0.25) is 0 Å². The highest BCUT2D eigenvalue weighted by molar-refractivity contribution is 7.13. The molecule has 0 saturated carbocycles. The molecule has 0 unspecified atom stereocenters. The molecule has 0 spiro atoms. The molecule has 0 bridgehead atoms. The van der Waals surface area contributed by atoms with Crippen molar-refractivity contribution in [1.82, 2.24) is 15.2 Å². The summed E-state index contributed by atoms with van der Waals surface area (Å²) >= 11 is 1.39. The Balaban J connectivity index is 1.86. The predicted octanol–water partition coefficient (Wildman–Crippen LogP) is 2.71. The van der Waals surface area contributed by atoms with Crippen molar-refractivity contribution in [1.29, 1.82) is 0 Å². The number of aromatic nitrogens is 1. The minimum atomic E-state index is -0.0512. The molecule has 0 atom stereocenters. The Morgan fingerprint density at radius 2 is 2.04 bits per heavy atom. The summed E-state index contributed by atoms with van der Waals surface area (Å²) in [5, 5.41) is 3.76. The third-order valence-electron chi connectivity index (χ3n) is 3.22. The third kappa shape index (κ3) is 5.65. The van der Waals surface area contributed by atoms with E-state index in [0.717, 1.165) is 29.4 Å². The first-order valence-electron chi connectivity index (χ1n) is 7.63. The Bertz CT molecular complexity index is 626. The SMILES string of the molecule is Cc1nc(COc2ccccc2)sc1C(=O)NCCCN(C)C. The lowest BCUT2D eigenvalue weighted by Gasteiger charge is -2.09. The number of para-hydroxylation sites is 1. The Hall–Kier alpha value is -1.92. The number of benzene rings is 1. The lowest BCUT2D eigenvalue weighted by atomic mass is 10.3. The van der Waals surface area contributed by atoms with E-state index in [9.17, 15) is 4.79 Å². The molecule has 1 amide bonds. The summed E-state index contributed by atoms with van der Waals surface area (Å²) in [5.41, 5.74) is 0.756. The minimum absolute atomic E-state index is 0.0512. The van der Waals surface area contributed by atoms with Gasteiger partial charge in [0.25, 0.3) is 5.91 Å². The molecule has 5 nitrogen and oxygen atoms in total. The molecule has 0 aliphatic heterocycles. The van der Waals surface area contributed by atoms with Gasteiger partial charge in [-0.2, -0.15) is 0 Å². The van der Waals surface area contributed by atoms with Gasteiger partial charge >= 0.3 is 0 Å². The lowest BCUT2D eigenvalue weighted by Crippen LogP contribution is -2.26. The van der Waals surface area contributed by atoms with Crippen molar-refractivity contribution >= 4 is 17.2 Å². The zero-order valence-electron chi connectivity index (χ0n) is 13.8. The fraction of sp³-hybridized carbons (Fsp3) is 0.412. The van der Waals surface area contributed by atoms with Crippen LogP contribution in [-0.4, -0.2) is 43.0 Å². The Labute approximate surface area is 141 Å². The maximum atomic E-state index is 12.2. The monoisotopic (exact) mass is 333 g/mol. The molecule has 1 heterocycles.